The van der Waals surface area contributed by atoms with Crippen LogP contribution in [0.3, 0.4) is 0 Å². The molecule has 3 heterocycles. The van der Waals surface area contributed by atoms with Gasteiger partial charge in [-0.05, 0) is 48.6 Å². The molecule has 71 heavy (non-hydrogen) atoms. The molecule has 3 aliphatic heterocycles. The summed E-state index contributed by atoms with van der Waals surface area (Å²) in [6.07, 6.45) is -21.8. The Morgan fingerprint density at radius 1 is 0.592 bits per heavy atom. The van der Waals surface area contributed by atoms with E-state index in [0.29, 0.717) is 11.1 Å². The van der Waals surface area contributed by atoms with Crippen LogP contribution in [0.1, 0.15) is 43.0 Å². The molecule has 3 fully saturated rings. The van der Waals surface area contributed by atoms with Crippen LogP contribution in [0.2, 0.25) is 0 Å². The summed E-state index contributed by atoms with van der Waals surface area (Å²) in [5.41, 5.74) is 12.0. The van der Waals surface area contributed by atoms with Gasteiger partial charge in [0.25, 0.3) is 0 Å². The maximum absolute atomic E-state index is 14.2. The number of ether oxygens (including phenoxy) is 11. The minimum atomic E-state index is -1.84. The first-order valence-electron chi connectivity index (χ1n) is 23.2. The number of benzene rings is 4. The number of methoxy groups -OCH3 is 1. The lowest BCUT2D eigenvalue weighted by Gasteiger charge is -2.50. The summed E-state index contributed by atoms with van der Waals surface area (Å²) in [6.45, 7) is 3.94. The zero-order valence-corrected chi connectivity index (χ0v) is 39.7. The van der Waals surface area contributed by atoms with Gasteiger partial charge in [0.05, 0.1) is 33.0 Å². The van der Waals surface area contributed by atoms with E-state index < -0.39 is 116 Å². The van der Waals surface area contributed by atoms with E-state index in [0.717, 1.165) is 11.1 Å². The number of esters is 1. The highest BCUT2D eigenvalue weighted by Crippen LogP contribution is 2.38. The fraction of sp³-hybridized carbons (Fsp3) is 0.490. The zero-order chi connectivity index (χ0) is 50.5. The third-order valence-electron chi connectivity index (χ3n) is 11.9. The standard InChI is InChI=1S/C51H61N3O17/c1-51(2,3)71-47(60)45-42(65-29-33-23-15-8-16-24-33)40(63-27-31-19-11-6-12-20-31)37(57)50(70-45)67-38-34(25-55)66-48(35(53-54-52)39(38)62-26-30-17-9-5-10-18-30)68-43-41(64-28-32-21-13-7-14-22-32)36(56)49(61-4)69-44(43)46(58)59/h5-24,34-45,48-50,55-57H,25-29H2,1-4H3,(H,58,59)/t34-,35-,36-,37-,38-,39-,40-,41-,42+,43+,44-,45-,48-,49-,50-/m1/s1. The molecule has 4 aromatic carbocycles. The molecule has 0 bridgehead atoms. The van der Waals surface area contributed by atoms with Gasteiger partial charge in [-0.1, -0.05) is 126 Å². The van der Waals surface area contributed by atoms with Crippen molar-refractivity contribution in [2.45, 2.75) is 145 Å². The molecule has 0 aliphatic carbocycles. The Morgan fingerprint density at radius 2 is 1.01 bits per heavy atom. The highest BCUT2D eigenvalue weighted by atomic mass is 16.8. The van der Waals surface area contributed by atoms with Crippen molar-refractivity contribution in [2.24, 2.45) is 5.11 Å². The molecular weight excluding hydrogens is 927 g/mol. The first kappa shape index (κ1) is 53.4. The summed E-state index contributed by atoms with van der Waals surface area (Å²) in [4.78, 5) is 30.2. The summed E-state index contributed by atoms with van der Waals surface area (Å²) in [7, 11) is 1.23. The zero-order valence-electron chi connectivity index (χ0n) is 39.7. The number of carboxylic acid groups (broad SMARTS) is 1. The van der Waals surface area contributed by atoms with E-state index >= 15 is 0 Å². The SMILES string of the molecule is CO[C@@H]1O[C@@H](C(=O)O)[C@@H](O[C@H]2O[C@H](CO)[C@@H](O[C@@H]3O[C@@H](C(=O)OC(C)(C)C)[C@@H](OCc4ccccc4)[C@H](OCc4ccccc4)[C@H]3O)[C@H](OCc3ccccc3)[C@H]2N=[N+]=[N-])[C@H](OCc2ccccc2)[C@H]1O. The van der Waals surface area contributed by atoms with Gasteiger partial charge in [0.15, 0.2) is 31.1 Å². The van der Waals surface area contributed by atoms with Crippen LogP contribution in [0.4, 0.5) is 0 Å². The average Bonchev–Trinajstić information content (AvgIpc) is 3.36. The van der Waals surface area contributed by atoms with Crippen LogP contribution in [0.25, 0.3) is 10.4 Å². The lowest BCUT2D eigenvalue weighted by atomic mass is 9.94. The molecule has 0 radical (unpaired) electrons. The van der Waals surface area contributed by atoms with E-state index in [2.05, 4.69) is 10.0 Å². The lowest BCUT2D eigenvalue weighted by molar-refractivity contribution is -0.368. The van der Waals surface area contributed by atoms with Crippen molar-refractivity contribution in [3.63, 3.8) is 0 Å². The van der Waals surface area contributed by atoms with Crippen molar-refractivity contribution in [1.29, 1.82) is 0 Å². The Balaban J connectivity index is 1.24. The monoisotopic (exact) mass is 987 g/mol. The number of hydrogen-bond donors (Lipinski definition) is 4. The van der Waals surface area contributed by atoms with Gasteiger partial charge < -0.3 is 72.5 Å². The van der Waals surface area contributed by atoms with Crippen LogP contribution < -0.4 is 0 Å². The van der Waals surface area contributed by atoms with Crippen molar-refractivity contribution in [3.05, 3.63) is 154 Å². The highest BCUT2D eigenvalue weighted by Gasteiger charge is 2.57. The van der Waals surface area contributed by atoms with Crippen molar-refractivity contribution in [2.75, 3.05) is 13.7 Å². The minimum absolute atomic E-state index is 0.0125. The molecule has 3 aliphatic rings. The number of azide groups is 1. The van der Waals surface area contributed by atoms with E-state index in [1.54, 1.807) is 81.4 Å². The van der Waals surface area contributed by atoms with Crippen LogP contribution >= 0.6 is 0 Å². The van der Waals surface area contributed by atoms with Crippen molar-refractivity contribution in [1.82, 2.24) is 0 Å². The number of hydrogen-bond acceptors (Lipinski definition) is 17. The van der Waals surface area contributed by atoms with Gasteiger partial charge in [-0.25, -0.2) is 9.59 Å². The Morgan fingerprint density at radius 3 is 1.45 bits per heavy atom. The number of aliphatic hydroxyl groups excluding tert-OH is 3. The third-order valence-corrected chi connectivity index (χ3v) is 11.9. The fourth-order valence-corrected chi connectivity index (χ4v) is 8.49. The summed E-state index contributed by atoms with van der Waals surface area (Å²) in [6, 6.07) is 34.5. The highest BCUT2D eigenvalue weighted by molar-refractivity contribution is 5.76. The smallest absolute Gasteiger partial charge is 0.338 e. The Labute approximate surface area is 410 Å². The van der Waals surface area contributed by atoms with E-state index in [9.17, 15) is 35.5 Å². The first-order chi connectivity index (χ1) is 34.3. The van der Waals surface area contributed by atoms with Crippen LogP contribution in [-0.4, -0.2) is 144 Å². The van der Waals surface area contributed by atoms with Gasteiger partial charge in [-0.2, -0.15) is 0 Å². The summed E-state index contributed by atoms with van der Waals surface area (Å²) >= 11 is 0. The van der Waals surface area contributed by atoms with E-state index in [4.69, 9.17) is 52.1 Å². The van der Waals surface area contributed by atoms with Crippen molar-refractivity contribution >= 4 is 11.9 Å². The average molecular weight is 988 g/mol. The molecule has 0 amide bonds. The predicted octanol–water partition coefficient (Wildman–Crippen LogP) is 4.74. The molecule has 0 spiro atoms. The molecule has 15 atom stereocenters. The maximum Gasteiger partial charge on any atom is 0.338 e. The molecule has 7 rings (SSSR count). The van der Waals surface area contributed by atoms with Crippen LogP contribution in [0.15, 0.2) is 126 Å². The molecule has 382 valence electrons. The second-order valence-electron chi connectivity index (χ2n) is 18.1. The van der Waals surface area contributed by atoms with E-state index in [-0.39, 0.29) is 26.4 Å². The maximum atomic E-state index is 14.2. The number of carbonyl (C=O) groups excluding carboxylic acids is 1. The van der Waals surface area contributed by atoms with Crippen LogP contribution in [-0.2, 0) is 88.1 Å². The minimum Gasteiger partial charge on any atom is -0.479 e. The molecule has 20 nitrogen and oxygen atoms in total. The molecule has 0 unspecified atom stereocenters. The number of aliphatic hydroxyl groups is 3. The first-order valence-corrected chi connectivity index (χ1v) is 23.2. The van der Waals surface area contributed by atoms with Gasteiger partial charge in [-0.15, -0.1) is 0 Å². The Bertz CT molecular complexity index is 2310. The topological polar surface area (TPSA) is 265 Å². The molecule has 4 aromatic rings. The number of rotatable bonds is 21. The molecule has 3 saturated heterocycles. The fourth-order valence-electron chi connectivity index (χ4n) is 8.49. The lowest BCUT2D eigenvalue weighted by Crippen LogP contribution is -2.67. The van der Waals surface area contributed by atoms with Crippen molar-refractivity contribution < 1.29 is 82.1 Å². The Kier molecular flexibility index (Phi) is 19.0. The molecule has 20 heteroatoms. The third kappa shape index (κ3) is 14.0. The number of carboxylic acids is 1. The van der Waals surface area contributed by atoms with Gasteiger partial charge in [-0.3, -0.25) is 0 Å². The molecule has 4 N–H and O–H groups in total. The number of carbonyl (C=O) groups is 2. The van der Waals surface area contributed by atoms with Gasteiger partial charge >= 0.3 is 11.9 Å². The Hall–Kier alpha value is -5.39. The quantitative estimate of drug-likeness (QED) is 0.0380. The summed E-state index contributed by atoms with van der Waals surface area (Å²) in [5, 5.41) is 49.5. The van der Waals surface area contributed by atoms with E-state index in [1.165, 1.54) is 7.11 Å². The van der Waals surface area contributed by atoms with Gasteiger partial charge in [0.2, 0.25) is 0 Å². The number of nitrogens with zero attached hydrogens (tertiary/aromatic N) is 3. The van der Waals surface area contributed by atoms with Gasteiger partial charge in [0, 0.05) is 12.0 Å². The van der Waals surface area contributed by atoms with Gasteiger partial charge in [0.1, 0.15) is 66.6 Å². The molecule has 0 saturated carbocycles. The molecule has 0 aromatic heterocycles. The summed E-state index contributed by atoms with van der Waals surface area (Å²) < 4.78 is 68.1. The van der Waals surface area contributed by atoms with E-state index in [1.807, 2.05) is 60.7 Å². The van der Waals surface area contributed by atoms with Crippen LogP contribution in [0.5, 0.6) is 0 Å². The second-order valence-corrected chi connectivity index (χ2v) is 18.1. The predicted molar refractivity (Wildman–Crippen MR) is 248 cm³/mol. The second kappa shape index (κ2) is 25.3. The largest absolute Gasteiger partial charge is 0.479 e. The normalized spacial score (nSPS) is 31.0. The summed E-state index contributed by atoms with van der Waals surface area (Å²) in [5.74, 6) is -2.37. The number of aliphatic carboxylic acids is 1. The van der Waals surface area contributed by atoms with Crippen molar-refractivity contribution in [3.8, 4) is 0 Å². The van der Waals surface area contributed by atoms with Crippen LogP contribution in [0, 0.1) is 0 Å². The molecular formula is C51H61N3O17.